The van der Waals surface area contributed by atoms with Gasteiger partial charge in [0.1, 0.15) is 5.04 Å². The summed E-state index contributed by atoms with van der Waals surface area (Å²) in [5.74, 6) is 3.19. The summed E-state index contributed by atoms with van der Waals surface area (Å²) in [5, 5.41) is 6.22. The molecule has 1 aliphatic heterocycles. The zero-order valence-corrected chi connectivity index (χ0v) is 8.88. The first kappa shape index (κ1) is 8.75. The minimum atomic E-state index is 0.609. The lowest BCUT2D eigenvalue weighted by molar-refractivity contribution is 0.637. The lowest BCUT2D eigenvalue weighted by Crippen LogP contribution is -2.17. The summed E-state index contributed by atoms with van der Waals surface area (Å²) in [6.45, 7) is 2.19. The quantitative estimate of drug-likeness (QED) is 0.756. The number of thioether (sulfide) groups is 2. The van der Waals surface area contributed by atoms with Crippen LogP contribution in [0, 0.1) is 5.92 Å². The second kappa shape index (κ2) is 3.92. The first-order valence-electron chi connectivity index (χ1n) is 4.46. The Morgan fingerprint density at radius 2 is 2.50 bits per heavy atom. The molecule has 4 heteroatoms. The van der Waals surface area contributed by atoms with Gasteiger partial charge in [-0.2, -0.15) is 16.9 Å². The van der Waals surface area contributed by atoms with Crippen molar-refractivity contribution < 1.29 is 0 Å². The average molecular weight is 202 g/mol. The molecular weight excluding hydrogens is 188 g/mol. The Balaban J connectivity index is 1.72. The zero-order valence-electron chi connectivity index (χ0n) is 7.25. The molecule has 1 saturated carbocycles. The number of hydrogen-bond donors (Lipinski definition) is 1. The Labute approximate surface area is 81.9 Å². The van der Waals surface area contributed by atoms with E-state index in [1.54, 1.807) is 0 Å². The van der Waals surface area contributed by atoms with E-state index in [1.165, 1.54) is 23.6 Å². The number of rotatable bonds is 4. The predicted octanol–water partition coefficient (Wildman–Crippen LogP) is 2.13. The standard InChI is InChI=1S/C8H14N2S2/c1-2-11-5-7-9-10-8(12-7)6-3-4-6/h6,8,10H,2-5H2,1H3. The maximum Gasteiger partial charge on any atom is 0.105 e. The van der Waals surface area contributed by atoms with Crippen molar-refractivity contribution in [2.45, 2.75) is 25.1 Å². The third-order valence-electron chi connectivity index (χ3n) is 2.06. The molecule has 0 bridgehead atoms. The second-order valence-corrected chi connectivity index (χ2v) is 5.64. The molecule has 1 fully saturated rings. The van der Waals surface area contributed by atoms with E-state index in [4.69, 9.17) is 0 Å². The molecule has 0 amide bonds. The molecule has 1 aliphatic carbocycles. The Hall–Kier alpha value is 0.170. The lowest BCUT2D eigenvalue weighted by atomic mass is 10.4. The second-order valence-electron chi connectivity index (χ2n) is 3.15. The van der Waals surface area contributed by atoms with E-state index in [0.29, 0.717) is 5.37 Å². The average Bonchev–Trinajstić information content (AvgIpc) is 2.83. The highest BCUT2D eigenvalue weighted by Crippen LogP contribution is 2.40. The van der Waals surface area contributed by atoms with Crippen molar-refractivity contribution in [2.75, 3.05) is 11.5 Å². The summed E-state index contributed by atoms with van der Waals surface area (Å²) < 4.78 is 0. The molecule has 68 valence electrons. The third kappa shape index (κ3) is 2.10. The summed E-state index contributed by atoms with van der Waals surface area (Å²) in [6, 6.07) is 0. The summed E-state index contributed by atoms with van der Waals surface area (Å²) in [4.78, 5) is 0. The molecule has 0 radical (unpaired) electrons. The van der Waals surface area contributed by atoms with Crippen LogP contribution in [0.5, 0.6) is 0 Å². The predicted molar refractivity (Wildman–Crippen MR) is 57.7 cm³/mol. The zero-order chi connectivity index (χ0) is 8.39. The van der Waals surface area contributed by atoms with Gasteiger partial charge in [0.25, 0.3) is 0 Å². The Morgan fingerprint density at radius 1 is 1.67 bits per heavy atom. The lowest BCUT2D eigenvalue weighted by Gasteiger charge is -2.05. The molecule has 2 aliphatic rings. The van der Waals surface area contributed by atoms with Crippen LogP contribution < -0.4 is 5.43 Å². The van der Waals surface area contributed by atoms with E-state index >= 15 is 0 Å². The van der Waals surface area contributed by atoms with Gasteiger partial charge < -0.3 is 0 Å². The fourth-order valence-corrected chi connectivity index (χ4v) is 3.13. The van der Waals surface area contributed by atoms with E-state index in [9.17, 15) is 0 Å². The molecule has 2 nitrogen and oxygen atoms in total. The summed E-state index contributed by atoms with van der Waals surface area (Å²) in [7, 11) is 0. The van der Waals surface area contributed by atoms with Crippen LogP contribution in [-0.4, -0.2) is 21.9 Å². The molecule has 1 heterocycles. The number of nitrogens with one attached hydrogen (secondary N) is 1. The van der Waals surface area contributed by atoms with Crippen molar-refractivity contribution >= 4 is 28.6 Å². The highest BCUT2D eigenvalue weighted by atomic mass is 32.2. The maximum absolute atomic E-state index is 4.32. The third-order valence-corrected chi connectivity index (χ3v) is 4.38. The van der Waals surface area contributed by atoms with Crippen LogP contribution in [-0.2, 0) is 0 Å². The molecule has 12 heavy (non-hydrogen) atoms. The molecule has 0 spiro atoms. The van der Waals surface area contributed by atoms with Crippen LogP contribution in [0.2, 0.25) is 0 Å². The fraction of sp³-hybridized carbons (Fsp3) is 0.875. The maximum atomic E-state index is 4.32. The molecule has 1 atom stereocenters. The van der Waals surface area contributed by atoms with Gasteiger partial charge in [0.15, 0.2) is 0 Å². The number of nitrogens with zero attached hydrogens (tertiary/aromatic N) is 1. The fourth-order valence-electron chi connectivity index (χ4n) is 1.19. The number of hydrogen-bond acceptors (Lipinski definition) is 4. The smallest absolute Gasteiger partial charge is 0.105 e. The molecule has 0 aromatic rings. The van der Waals surface area contributed by atoms with Crippen LogP contribution in [0.15, 0.2) is 5.10 Å². The molecule has 0 aromatic carbocycles. The van der Waals surface area contributed by atoms with Crippen molar-refractivity contribution in [1.29, 1.82) is 0 Å². The SMILES string of the molecule is CCSCC1=NNC(C2CC2)S1. The van der Waals surface area contributed by atoms with E-state index in [1.807, 2.05) is 23.5 Å². The van der Waals surface area contributed by atoms with Crippen LogP contribution in [0.1, 0.15) is 19.8 Å². The normalized spacial score (nSPS) is 28.4. The van der Waals surface area contributed by atoms with E-state index in [-0.39, 0.29) is 0 Å². The van der Waals surface area contributed by atoms with Crippen molar-refractivity contribution in [3.05, 3.63) is 0 Å². The molecule has 0 saturated heterocycles. The molecule has 2 rings (SSSR count). The van der Waals surface area contributed by atoms with Crippen LogP contribution in [0.4, 0.5) is 0 Å². The van der Waals surface area contributed by atoms with Gasteiger partial charge in [-0.3, -0.25) is 5.43 Å². The van der Waals surface area contributed by atoms with E-state index < -0.39 is 0 Å². The van der Waals surface area contributed by atoms with Gasteiger partial charge in [0.2, 0.25) is 0 Å². The first-order chi connectivity index (χ1) is 5.90. The molecule has 1 unspecified atom stereocenters. The van der Waals surface area contributed by atoms with E-state index in [2.05, 4.69) is 17.5 Å². The minimum Gasteiger partial charge on any atom is -0.296 e. The summed E-state index contributed by atoms with van der Waals surface area (Å²) in [5.41, 5.74) is 3.22. The van der Waals surface area contributed by atoms with Crippen LogP contribution >= 0.6 is 23.5 Å². The molecule has 1 N–H and O–H groups in total. The first-order valence-corrected chi connectivity index (χ1v) is 6.50. The summed E-state index contributed by atoms with van der Waals surface area (Å²) >= 11 is 3.89. The van der Waals surface area contributed by atoms with Crippen LogP contribution in [0.3, 0.4) is 0 Å². The Kier molecular flexibility index (Phi) is 2.86. The molecular formula is C8H14N2S2. The Bertz CT molecular complexity index is 189. The highest BCUT2D eigenvalue weighted by molar-refractivity contribution is 8.16. The molecule has 0 aromatic heterocycles. The van der Waals surface area contributed by atoms with Crippen molar-refractivity contribution in [3.8, 4) is 0 Å². The van der Waals surface area contributed by atoms with Gasteiger partial charge in [-0.25, -0.2) is 0 Å². The Morgan fingerprint density at radius 3 is 3.17 bits per heavy atom. The van der Waals surface area contributed by atoms with Crippen LogP contribution in [0.25, 0.3) is 0 Å². The largest absolute Gasteiger partial charge is 0.296 e. The highest BCUT2D eigenvalue weighted by Gasteiger charge is 2.35. The van der Waals surface area contributed by atoms with Gasteiger partial charge >= 0.3 is 0 Å². The number of hydrazone groups is 1. The topological polar surface area (TPSA) is 24.4 Å². The van der Waals surface area contributed by atoms with Gasteiger partial charge in [-0.1, -0.05) is 18.7 Å². The van der Waals surface area contributed by atoms with Gasteiger partial charge in [-0.15, -0.1) is 0 Å². The monoisotopic (exact) mass is 202 g/mol. The van der Waals surface area contributed by atoms with Gasteiger partial charge in [0, 0.05) is 5.75 Å². The van der Waals surface area contributed by atoms with Crippen molar-refractivity contribution in [2.24, 2.45) is 11.0 Å². The van der Waals surface area contributed by atoms with Gasteiger partial charge in [0.05, 0.1) is 5.37 Å². The van der Waals surface area contributed by atoms with Gasteiger partial charge in [-0.05, 0) is 24.5 Å². The van der Waals surface area contributed by atoms with Crippen molar-refractivity contribution in [1.82, 2.24) is 5.43 Å². The van der Waals surface area contributed by atoms with Crippen molar-refractivity contribution in [3.63, 3.8) is 0 Å². The summed E-state index contributed by atoms with van der Waals surface area (Å²) in [6.07, 6.45) is 2.79. The van der Waals surface area contributed by atoms with E-state index in [0.717, 1.165) is 11.7 Å². The minimum absolute atomic E-state index is 0.609.